The Hall–Kier alpha value is -2.03. The maximum absolute atomic E-state index is 14.3. The molecule has 2 saturated heterocycles. The molecule has 1 unspecified atom stereocenters. The fourth-order valence-electron chi connectivity index (χ4n) is 4.16. The van der Waals surface area contributed by atoms with Crippen LogP contribution in [0.4, 0.5) is 4.39 Å². The second-order valence-electron chi connectivity index (χ2n) is 7.68. The van der Waals surface area contributed by atoms with E-state index in [-0.39, 0.29) is 24.3 Å². The van der Waals surface area contributed by atoms with Crippen molar-refractivity contribution in [2.75, 3.05) is 52.5 Å². The van der Waals surface area contributed by atoms with Crippen LogP contribution in [0.3, 0.4) is 0 Å². The second kappa shape index (κ2) is 10.1. The molecule has 0 spiro atoms. The highest BCUT2D eigenvalue weighted by molar-refractivity contribution is 5.91. The molecule has 0 bridgehead atoms. The molecule has 4 rings (SSSR count). The van der Waals surface area contributed by atoms with Crippen molar-refractivity contribution >= 4 is 12.4 Å². The topological polar surface area (TPSA) is 79.3 Å². The predicted molar refractivity (Wildman–Crippen MR) is 104 cm³/mol. The van der Waals surface area contributed by atoms with Crippen LogP contribution in [-0.4, -0.2) is 85.9 Å². The number of halogens is 1. The second-order valence-corrected chi connectivity index (χ2v) is 7.68. The van der Waals surface area contributed by atoms with Gasteiger partial charge in [-0.05, 0) is 31.9 Å². The Morgan fingerprint density at radius 2 is 1.97 bits per heavy atom. The lowest BCUT2D eigenvalue weighted by Gasteiger charge is -2.29. The fraction of sp³-hybridized carbons (Fsp3) is 0.619. The van der Waals surface area contributed by atoms with Gasteiger partial charge >= 0.3 is 0 Å². The molecule has 1 amide bonds. The summed E-state index contributed by atoms with van der Waals surface area (Å²) in [6, 6.07) is 6.73. The Morgan fingerprint density at radius 1 is 1.21 bits per heavy atom. The van der Waals surface area contributed by atoms with E-state index in [9.17, 15) is 9.18 Å². The van der Waals surface area contributed by atoms with Crippen LogP contribution in [-0.2, 0) is 24.5 Å². The lowest BCUT2D eigenvalue weighted by Crippen LogP contribution is -2.43. The molecule has 1 N–H and O–H groups in total. The van der Waals surface area contributed by atoms with Gasteiger partial charge in [-0.3, -0.25) is 14.5 Å². The first-order valence-electron chi connectivity index (χ1n) is 10.1. The highest BCUT2D eigenvalue weighted by Gasteiger charge is 2.54. The summed E-state index contributed by atoms with van der Waals surface area (Å²) in [5, 5.41) is 6.89. The van der Waals surface area contributed by atoms with Gasteiger partial charge in [-0.1, -0.05) is 18.2 Å². The summed E-state index contributed by atoms with van der Waals surface area (Å²) >= 11 is 0. The molecule has 3 aliphatic rings. The van der Waals surface area contributed by atoms with Crippen molar-refractivity contribution in [1.82, 2.24) is 9.80 Å². The number of amides is 1. The molecule has 1 aliphatic carbocycles. The number of hydrogen-bond donors (Lipinski definition) is 1. The lowest BCUT2D eigenvalue weighted by molar-refractivity contribution is -0.134. The molecule has 2 heterocycles. The Balaban J connectivity index is 0.000000755. The zero-order valence-corrected chi connectivity index (χ0v) is 16.6. The number of benzene rings is 1. The van der Waals surface area contributed by atoms with Gasteiger partial charge < -0.3 is 19.5 Å². The Kier molecular flexibility index (Phi) is 7.57. The Labute approximate surface area is 170 Å². The van der Waals surface area contributed by atoms with E-state index in [0.29, 0.717) is 31.9 Å². The van der Waals surface area contributed by atoms with Gasteiger partial charge in [0.1, 0.15) is 5.82 Å². The lowest BCUT2D eigenvalue weighted by atomic mass is 9.93. The smallest absolute Gasteiger partial charge is 0.290 e. The molecule has 1 aromatic rings. The fourth-order valence-corrected chi connectivity index (χ4v) is 4.16. The number of hydrogen-bond acceptors (Lipinski definition) is 5. The van der Waals surface area contributed by atoms with Crippen LogP contribution in [0, 0.1) is 5.82 Å². The van der Waals surface area contributed by atoms with E-state index >= 15 is 0 Å². The summed E-state index contributed by atoms with van der Waals surface area (Å²) in [4.78, 5) is 25.8. The molecule has 1 atom stereocenters. The van der Waals surface area contributed by atoms with E-state index in [0.717, 1.165) is 45.4 Å². The predicted octanol–water partition coefficient (Wildman–Crippen LogP) is 1.51. The SMILES string of the molecule is O=C(N1CCCN(CC2COCCO2)CC1)C1(c2ccccc2F)CC1.O=CO. The van der Waals surface area contributed by atoms with E-state index in [1.54, 1.807) is 12.1 Å². The van der Waals surface area contributed by atoms with Crippen LogP contribution < -0.4 is 0 Å². The highest BCUT2D eigenvalue weighted by atomic mass is 19.1. The zero-order chi connectivity index (χ0) is 20.7. The van der Waals surface area contributed by atoms with Crippen molar-refractivity contribution in [3.05, 3.63) is 35.6 Å². The molecule has 1 aromatic carbocycles. The van der Waals surface area contributed by atoms with Gasteiger partial charge in [0, 0.05) is 31.7 Å². The number of carbonyl (C=O) groups is 2. The molecule has 0 aromatic heterocycles. The minimum Gasteiger partial charge on any atom is -0.483 e. The minimum atomic E-state index is -0.624. The van der Waals surface area contributed by atoms with Gasteiger partial charge in [-0.15, -0.1) is 0 Å². The van der Waals surface area contributed by atoms with Crippen molar-refractivity contribution in [1.29, 1.82) is 0 Å². The maximum atomic E-state index is 14.3. The van der Waals surface area contributed by atoms with E-state index in [1.165, 1.54) is 6.07 Å². The third-order valence-corrected chi connectivity index (χ3v) is 5.77. The van der Waals surface area contributed by atoms with Gasteiger partial charge in [0.2, 0.25) is 5.91 Å². The van der Waals surface area contributed by atoms with Gasteiger partial charge in [0.25, 0.3) is 6.47 Å². The Morgan fingerprint density at radius 3 is 2.62 bits per heavy atom. The molecule has 29 heavy (non-hydrogen) atoms. The first kappa shape index (κ1) is 21.7. The largest absolute Gasteiger partial charge is 0.483 e. The van der Waals surface area contributed by atoms with Crippen molar-refractivity contribution in [3.8, 4) is 0 Å². The third kappa shape index (κ3) is 5.32. The van der Waals surface area contributed by atoms with Crippen molar-refractivity contribution < 1.29 is 28.6 Å². The number of carboxylic acid groups (broad SMARTS) is 1. The van der Waals surface area contributed by atoms with Crippen LogP contribution in [0.1, 0.15) is 24.8 Å². The molecule has 0 radical (unpaired) electrons. The summed E-state index contributed by atoms with van der Waals surface area (Å²) in [5.41, 5.74) is -0.0558. The maximum Gasteiger partial charge on any atom is 0.290 e. The first-order chi connectivity index (χ1) is 14.1. The van der Waals surface area contributed by atoms with Crippen LogP contribution in [0.25, 0.3) is 0 Å². The van der Waals surface area contributed by atoms with E-state index < -0.39 is 5.41 Å². The molecular weight excluding hydrogens is 379 g/mol. The van der Waals surface area contributed by atoms with Gasteiger partial charge in [-0.2, -0.15) is 0 Å². The highest BCUT2D eigenvalue weighted by Crippen LogP contribution is 2.50. The molecule has 8 heteroatoms. The number of carbonyl (C=O) groups excluding carboxylic acids is 1. The average molecular weight is 408 g/mol. The first-order valence-corrected chi connectivity index (χ1v) is 10.1. The van der Waals surface area contributed by atoms with Crippen molar-refractivity contribution in [3.63, 3.8) is 0 Å². The van der Waals surface area contributed by atoms with Crippen LogP contribution in [0.15, 0.2) is 24.3 Å². The molecular formula is C21H29FN2O5. The standard InChI is InChI=1S/C20H27FN2O3.CH2O2/c21-18-5-2-1-4-17(18)20(6-7-20)19(24)23-9-3-8-22(10-11-23)14-16-15-25-12-13-26-16;2-1-3/h1-2,4-5,16H,3,6-15H2;1H,(H,2,3). The molecule has 7 nitrogen and oxygen atoms in total. The van der Waals surface area contributed by atoms with Crippen molar-refractivity contribution in [2.45, 2.75) is 30.8 Å². The van der Waals surface area contributed by atoms with Gasteiger partial charge in [-0.25, -0.2) is 4.39 Å². The van der Waals surface area contributed by atoms with E-state index in [1.807, 2.05) is 11.0 Å². The Bertz CT molecular complexity index is 691. The molecule has 2 aliphatic heterocycles. The summed E-state index contributed by atoms with van der Waals surface area (Å²) in [6.07, 6.45) is 2.56. The normalized spacial score (nSPS) is 24.0. The van der Waals surface area contributed by atoms with E-state index in [4.69, 9.17) is 19.4 Å². The van der Waals surface area contributed by atoms with Crippen LogP contribution >= 0.6 is 0 Å². The molecule has 1 saturated carbocycles. The summed E-state index contributed by atoms with van der Waals surface area (Å²) in [5.74, 6) is -0.161. The van der Waals surface area contributed by atoms with Crippen molar-refractivity contribution in [2.24, 2.45) is 0 Å². The summed E-state index contributed by atoms with van der Waals surface area (Å²) in [7, 11) is 0. The monoisotopic (exact) mass is 408 g/mol. The third-order valence-electron chi connectivity index (χ3n) is 5.77. The van der Waals surface area contributed by atoms with Crippen LogP contribution in [0.2, 0.25) is 0 Å². The van der Waals surface area contributed by atoms with E-state index in [2.05, 4.69) is 4.90 Å². The molecule has 3 fully saturated rings. The summed E-state index contributed by atoms with van der Waals surface area (Å²) < 4.78 is 25.5. The average Bonchev–Trinajstić information content (AvgIpc) is 3.55. The minimum absolute atomic E-state index is 0.0988. The number of ether oxygens (including phenoxy) is 2. The van der Waals surface area contributed by atoms with Gasteiger partial charge in [0.05, 0.1) is 31.3 Å². The quantitative estimate of drug-likeness (QED) is 0.761. The molecule has 160 valence electrons. The summed E-state index contributed by atoms with van der Waals surface area (Å²) in [6.45, 7) is 5.81. The zero-order valence-electron chi connectivity index (χ0n) is 16.6. The van der Waals surface area contributed by atoms with Crippen LogP contribution in [0.5, 0.6) is 0 Å². The number of nitrogens with zero attached hydrogens (tertiary/aromatic N) is 2. The number of rotatable bonds is 4. The van der Waals surface area contributed by atoms with Gasteiger partial charge in [0.15, 0.2) is 0 Å².